The second-order valence-corrected chi connectivity index (χ2v) is 7.01. The lowest BCUT2D eigenvalue weighted by atomic mass is 10.00. The summed E-state index contributed by atoms with van der Waals surface area (Å²) in [5.41, 5.74) is 4.65. The number of carbonyl (C=O) groups excluding carboxylic acids is 1. The van der Waals surface area contributed by atoms with Crippen LogP contribution in [0.25, 0.3) is 5.00 Å². The van der Waals surface area contributed by atoms with Crippen LogP contribution in [0, 0.1) is 6.92 Å². The molecule has 1 unspecified atom stereocenters. The number of thiophene rings is 1. The predicted molar refractivity (Wildman–Crippen MR) is 100 cm³/mol. The number of hydrogen-bond acceptors (Lipinski definition) is 4. The van der Waals surface area contributed by atoms with Crippen molar-refractivity contribution in [2.45, 2.75) is 19.4 Å². The molecule has 25 heavy (non-hydrogen) atoms. The molecule has 3 N–H and O–H groups in total. The van der Waals surface area contributed by atoms with E-state index in [1.165, 1.54) is 5.56 Å². The molecule has 0 saturated heterocycles. The van der Waals surface area contributed by atoms with Crippen LogP contribution in [0.15, 0.2) is 59.1 Å². The van der Waals surface area contributed by atoms with Crippen LogP contribution < -0.4 is 11.2 Å². The normalized spacial score (nSPS) is 16.8. The highest BCUT2D eigenvalue weighted by molar-refractivity contribution is 7.13. The van der Waals surface area contributed by atoms with Gasteiger partial charge in [-0.3, -0.25) is 4.79 Å². The molecular weight excluding hydrogens is 332 g/mol. The molecule has 0 fully saturated rings. The van der Waals surface area contributed by atoms with Gasteiger partial charge in [0.05, 0.1) is 17.3 Å². The third-order valence-electron chi connectivity index (χ3n) is 4.49. The molecule has 4 rings (SSSR count). The van der Waals surface area contributed by atoms with Crippen LogP contribution in [0.3, 0.4) is 0 Å². The standard InChI is InChI=1S/C19H18N4OS/c1-12-4-6-13(7-5-12)15(22-20)11-16-17-3-2-9-23(17)19-14(8-10-25-19)18(24)21-16/h2-10,16H,11,20H2,1H3,(H,21,24)/b22-15+. The van der Waals surface area contributed by atoms with Gasteiger partial charge in [-0.2, -0.15) is 5.10 Å². The first-order valence-electron chi connectivity index (χ1n) is 8.07. The van der Waals surface area contributed by atoms with Gasteiger partial charge in [-0.25, -0.2) is 0 Å². The Morgan fingerprint density at radius 3 is 2.84 bits per heavy atom. The Bertz CT molecular complexity index is 952. The molecule has 5 nitrogen and oxygen atoms in total. The number of nitrogens with one attached hydrogen (secondary N) is 1. The third kappa shape index (κ3) is 2.74. The number of aryl methyl sites for hydroxylation is 1. The molecule has 2 aromatic heterocycles. The van der Waals surface area contributed by atoms with E-state index in [1.807, 2.05) is 61.0 Å². The van der Waals surface area contributed by atoms with Crippen molar-refractivity contribution >= 4 is 23.0 Å². The SMILES string of the molecule is Cc1ccc(/C(CC2NC(=O)c3ccsc3-n3cccc32)=N/N)cc1. The zero-order valence-corrected chi connectivity index (χ0v) is 14.6. The van der Waals surface area contributed by atoms with Crippen LogP contribution in [0.4, 0.5) is 0 Å². The zero-order chi connectivity index (χ0) is 17.4. The molecule has 0 radical (unpaired) electrons. The molecule has 1 aliphatic rings. The van der Waals surface area contributed by atoms with Gasteiger partial charge in [0.2, 0.25) is 0 Å². The highest BCUT2D eigenvalue weighted by Gasteiger charge is 2.28. The summed E-state index contributed by atoms with van der Waals surface area (Å²) < 4.78 is 2.08. The molecule has 1 aliphatic heterocycles. The van der Waals surface area contributed by atoms with Gasteiger partial charge in [-0.05, 0) is 36.1 Å². The number of hydrogen-bond donors (Lipinski definition) is 2. The second kappa shape index (κ2) is 6.22. The molecule has 0 aliphatic carbocycles. The van der Waals surface area contributed by atoms with E-state index in [-0.39, 0.29) is 11.9 Å². The summed E-state index contributed by atoms with van der Waals surface area (Å²) in [5, 5.41) is 9.99. The number of hydrazone groups is 1. The fourth-order valence-corrected chi connectivity index (χ4v) is 4.07. The second-order valence-electron chi connectivity index (χ2n) is 6.11. The summed E-state index contributed by atoms with van der Waals surface area (Å²) in [6, 6.07) is 13.8. The van der Waals surface area contributed by atoms with E-state index in [2.05, 4.69) is 15.0 Å². The molecule has 1 amide bonds. The van der Waals surface area contributed by atoms with Crippen molar-refractivity contribution < 1.29 is 4.79 Å². The van der Waals surface area contributed by atoms with Gasteiger partial charge >= 0.3 is 0 Å². The molecule has 1 aromatic carbocycles. The summed E-state index contributed by atoms with van der Waals surface area (Å²) in [6.07, 6.45) is 2.52. The van der Waals surface area contributed by atoms with Crippen molar-refractivity contribution in [3.8, 4) is 5.00 Å². The van der Waals surface area contributed by atoms with Gasteiger partial charge in [0.15, 0.2) is 0 Å². The largest absolute Gasteiger partial charge is 0.343 e. The fraction of sp³-hybridized carbons (Fsp3) is 0.158. The lowest BCUT2D eigenvalue weighted by Crippen LogP contribution is -2.29. The number of nitrogens with zero attached hydrogens (tertiary/aromatic N) is 2. The number of nitrogens with two attached hydrogens (primary N) is 1. The number of fused-ring (bicyclic) bond motifs is 3. The Hall–Kier alpha value is -2.86. The minimum atomic E-state index is -0.189. The van der Waals surface area contributed by atoms with E-state index in [9.17, 15) is 4.79 Å². The average Bonchev–Trinajstić information content (AvgIpc) is 3.26. The maximum atomic E-state index is 12.6. The minimum absolute atomic E-state index is 0.0646. The van der Waals surface area contributed by atoms with Gasteiger partial charge in [-0.15, -0.1) is 11.3 Å². The fourth-order valence-electron chi connectivity index (χ4n) is 3.17. The summed E-state index contributed by atoms with van der Waals surface area (Å²) in [6.45, 7) is 2.04. The maximum Gasteiger partial charge on any atom is 0.254 e. The molecule has 6 heteroatoms. The number of carbonyl (C=O) groups is 1. The first-order valence-corrected chi connectivity index (χ1v) is 8.95. The number of benzene rings is 1. The van der Waals surface area contributed by atoms with Crippen LogP contribution in [-0.4, -0.2) is 16.2 Å². The predicted octanol–water partition coefficient (Wildman–Crippen LogP) is 3.38. The molecular formula is C19H18N4OS. The van der Waals surface area contributed by atoms with E-state index < -0.39 is 0 Å². The average molecular weight is 350 g/mol. The smallest absolute Gasteiger partial charge is 0.254 e. The van der Waals surface area contributed by atoms with Crippen LogP contribution in [0.2, 0.25) is 0 Å². The van der Waals surface area contributed by atoms with Gasteiger partial charge in [-0.1, -0.05) is 29.8 Å². The molecule has 1 atom stereocenters. The van der Waals surface area contributed by atoms with Crippen molar-refractivity contribution in [3.63, 3.8) is 0 Å². The topological polar surface area (TPSA) is 72.4 Å². The number of aromatic nitrogens is 1. The summed E-state index contributed by atoms with van der Waals surface area (Å²) >= 11 is 1.56. The van der Waals surface area contributed by atoms with Crippen LogP contribution >= 0.6 is 11.3 Å². The quantitative estimate of drug-likeness (QED) is 0.432. The maximum absolute atomic E-state index is 12.6. The Kier molecular flexibility index (Phi) is 3.89. The molecule has 0 saturated carbocycles. The van der Waals surface area contributed by atoms with E-state index >= 15 is 0 Å². The molecule has 3 aromatic rings. The van der Waals surface area contributed by atoms with Crippen LogP contribution in [0.1, 0.15) is 39.6 Å². The lowest BCUT2D eigenvalue weighted by molar-refractivity contribution is 0.0940. The van der Waals surface area contributed by atoms with Crippen molar-refractivity contribution in [2.24, 2.45) is 10.9 Å². The Balaban J connectivity index is 1.70. The molecule has 126 valence electrons. The first kappa shape index (κ1) is 15.7. The van der Waals surface area contributed by atoms with E-state index in [0.29, 0.717) is 12.0 Å². The molecule has 3 heterocycles. The van der Waals surface area contributed by atoms with Crippen LogP contribution in [0.5, 0.6) is 0 Å². The van der Waals surface area contributed by atoms with Crippen molar-refractivity contribution in [1.29, 1.82) is 0 Å². The monoisotopic (exact) mass is 350 g/mol. The van der Waals surface area contributed by atoms with Crippen molar-refractivity contribution in [3.05, 3.63) is 76.4 Å². The zero-order valence-electron chi connectivity index (χ0n) is 13.8. The minimum Gasteiger partial charge on any atom is -0.343 e. The summed E-state index contributed by atoms with van der Waals surface area (Å²) in [5.74, 6) is 5.60. The van der Waals surface area contributed by atoms with Crippen molar-refractivity contribution in [2.75, 3.05) is 0 Å². The van der Waals surface area contributed by atoms with Crippen molar-refractivity contribution in [1.82, 2.24) is 9.88 Å². The lowest BCUT2D eigenvalue weighted by Gasteiger charge is -2.18. The summed E-state index contributed by atoms with van der Waals surface area (Å²) in [7, 11) is 0. The first-order chi connectivity index (χ1) is 12.2. The van der Waals surface area contributed by atoms with Gasteiger partial charge < -0.3 is 15.7 Å². The number of rotatable bonds is 3. The van der Waals surface area contributed by atoms with Gasteiger partial charge in [0, 0.05) is 18.3 Å². The van der Waals surface area contributed by atoms with Gasteiger partial charge in [0.25, 0.3) is 5.91 Å². The molecule has 0 spiro atoms. The highest BCUT2D eigenvalue weighted by atomic mass is 32.1. The van der Waals surface area contributed by atoms with E-state index in [1.54, 1.807) is 11.3 Å². The van der Waals surface area contributed by atoms with Gasteiger partial charge in [0.1, 0.15) is 5.00 Å². The summed E-state index contributed by atoms with van der Waals surface area (Å²) in [4.78, 5) is 12.6. The highest BCUT2D eigenvalue weighted by Crippen LogP contribution is 2.32. The van der Waals surface area contributed by atoms with Crippen LogP contribution in [-0.2, 0) is 0 Å². The Morgan fingerprint density at radius 2 is 2.08 bits per heavy atom. The Labute approximate surface area is 149 Å². The van der Waals surface area contributed by atoms with E-state index in [0.717, 1.165) is 22.0 Å². The number of amides is 1. The molecule has 0 bridgehead atoms. The van der Waals surface area contributed by atoms with E-state index in [4.69, 9.17) is 5.84 Å². The third-order valence-corrected chi connectivity index (χ3v) is 5.40. The Morgan fingerprint density at radius 1 is 1.28 bits per heavy atom.